The van der Waals surface area contributed by atoms with Crippen molar-refractivity contribution in [1.82, 2.24) is 4.57 Å². The molecular formula is C35H41NO3. The number of esters is 1. The number of unbranched alkanes of at least 4 members (excludes halogenated alkanes) is 4. The van der Waals surface area contributed by atoms with Crippen molar-refractivity contribution in [2.75, 3.05) is 6.61 Å². The van der Waals surface area contributed by atoms with E-state index >= 15 is 0 Å². The van der Waals surface area contributed by atoms with Gasteiger partial charge in [0.1, 0.15) is 5.75 Å². The van der Waals surface area contributed by atoms with Gasteiger partial charge in [0.05, 0.1) is 12.3 Å². The fourth-order valence-electron chi connectivity index (χ4n) is 4.96. The molecule has 4 rings (SSSR count). The zero-order valence-electron chi connectivity index (χ0n) is 23.6. The fourth-order valence-corrected chi connectivity index (χ4v) is 4.96. The highest BCUT2D eigenvalue weighted by molar-refractivity contribution is 5.75. The van der Waals surface area contributed by atoms with Crippen molar-refractivity contribution in [1.29, 1.82) is 0 Å². The average Bonchev–Trinajstić information content (AvgIpc) is 3.35. The minimum atomic E-state index is -0.700. The van der Waals surface area contributed by atoms with Gasteiger partial charge >= 0.3 is 5.97 Å². The smallest absolute Gasteiger partial charge is 0.347 e. The first kappa shape index (κ1) is 28.2. The van der Waals surface area contributed by atoms with E-state index in [1.165, 1.54) is 43.4 Å². The minimum absolute atomic E-state index is 0.322. The lowest BCUT2D eigenvalue weighted by atomic mass is 10.1. The normalized spacial score (nSPS) is 11.8. The third-order valence-electron chi connectivity index (χ3n) is 7.08. The minimum Gasteiger partial charge on any atom is -0.478 e. The summed E-state index contributed by atoms with van der Waals surface area (Å²) in [4.78, 5) is 12.6. The van der Waals surface area contributed by atoms with Gasteiger partial charge in [0, 0.05) is 17.8 Å². The van der Waals surface area contributed by atoms with E-state index in [-0.39, 0.29) is 5.97 Å². The molecular weight excluding hydrogens is 482 g/mol. The van der Waals surface area contributed by atoms with E-state index in [0.29, 0.717) is 18.8 Å². The summed E-state index contributed by atoms with van der Waals surface area (Å²) in [6, 6.07) is 31.1. The first-order valence-corrected chi connectivity index (χ1v) is 14.3. The number of hydrogen-bond donors (Lipinski definition) is 0. The molecule has 0 N–H and O–H groups in total. The maximum absolute atomic E-state index is 12.6. The maximum atomic E-state index is 12.6. The van der Waals surface area contributed by atoms with Gasteiger partial charge in [-0.05, 0) is 91.9 Å². The molecule has 4 aromatic rings. The van der Waals surface area contributed by atoms with E-state index in [1.54, 1.807) is 0 Å². The Hall–Kier alpha value is -3.79. The topological polar surface area (TPSA) is 40.5 Å². The van der Waals surface area contributed by atoms with Crippen LogP contribution in [0.3, 0.4) is 0 Å². The van der Waals surface area contributed by atoms with E-state index in [4.69, 9.17) is 9.47 Å². The summed E-state index contributed by atoms with van der Waals surface area (Å²) in [6.45, 7) is 6.53. The van der Waals surface area contributed by atoms with Crippen molar-refractivity contribution < 1.29 is 14.3 Å². The van der Waals surface area contributed by atoms with Crippen LogP contribution in [-0.2, 0) is 22.4 Å². The number of carbonyl (C=O) groups excluding carboxylic acids is 1. The molecule has 0 spiro atoms. The molecule has 0 aliphatic rings. The number of hydrogen-bond acceptors (Lipinski definition) is 3. The molecule has 0 bridgehead atoms. The molecule has 0 radical (unpaired) electrons. The number of aryl methyl sites for hydroxylation is 2. The zero-order valence-corrected chi connectivity index (χ0v) is 23.6. The predicted octanol–water partition coefficient (Wildman–Crippen LogP) is 8.52. The monoisotopic (exact) mass is 523 g/mol. The van der Waals surface area contributed by atoms with Crippen LogP contribution in [0.4, 0.5) is 0 Å². The van der Waals surface area contributed by atoms with Gasteiger partial charge in [-0.15, -0.1) is 0 Å². The van der Waals surface area contributed by atoms with Crippen molar-refractivity contribution in [2.45, 2.75) is 71.8 Å². The van der Waals surface area contributed by atoms with Gasteiger partial charge < -0.3 is 14.0 Å². The fraction of sp³-hybridized carbons (Fsp3) is 0.343. The highest BCUT2D eigenvalue weighted by atomic mass is 16.6. The largest absolute Gasteiger partial charge is 0.478 e. The molecule has 0 aliphatic heterocycles. The van der Waals surface area contributed by atoms with Crippen LogP contribution in [0.5, 0.6) is 5.75 Å². The van der Waals surface area contributed by atoms with Gasteiger partial charge in [0.15, 0.2) is 6.10 Å². The Bertz CT molecular complexity index is 1290. The second kappa shape index (κ2) is 14.4. The first-order chi connectivity index (χ1) is 19.1. The molecule has 0 amide bonds. The van der Waals surface area contributed by atoms with Crippen molar-refractivity contribution in [2.24, 2.45) is 0 Å². The zero-order chi connectivity index (χ0) is 27.5. The van der Waals surface area contributed by atoms with Crippen molar-refractivity contribution in [3.05, 3.63) is 108 Å². The van der Waals surface area contributed by atoms with Gasteiger partial charge in [0.25, 0.3) is 0 Å². The second-order valence-corrected chi connectivity index (χ2v) is 10.1. The van der Waals surface area contributed by atoms with Crippen LogP contribution in [0, 0.1) is 6.92 Å². The van der Waals surface area contributed by atoms with Crippen LogP contribution >= 0.6 is 0 Å². The van der Waals surface area contributed by atoms with Crippen LogP contribution in [-0.4, -0.2) is 23.2 Å². The third-order valence-corrected chi connectivity index (χ3v) is 7.08. The van der Waals surface area contributed by atoms with Gasteiger partial charge in [-0.1, -0.05) is 75.1 Å². The first-order valence-electron chi connectivity index (χ1n) is 14.3. The van der Waals surface area contributed by atoms with E-state index in [0.717, 1.165) is 28.9 Å². The molecule has 0 fully saturated rings. The van der Waals surface area contributed by atoms with Gasteiger partial charge in [-0.3, -0.25) is 0 Å². The quantitative estimate of drug-likeness (QED) is 0.123. The average molecular weight is 524 g/mol. The Morgan fingerprint density at radius 3 is 2.18 bits per heavy atom. The third kappa shape index (κ3) is 7.86. The molecule has 1 atom stereocenters. The number of nitrogens with zero attached hydrogens (tertiary/aromatic N) is 1. The number of carbonyl (C=O) groups is 1. The molecule has 39 heavy (non-hydrogen) atoms. The summed E-state index contributed by atoms with van der Waals surface area (Å²) in [5.41, 5.74) is 6.98. The lowest BCUT2D eigenvalue weighted by Crippen LogP contribution is -2.31. The lowest BCUT2D eigenvalue weighted by molar-refractivity contribution is -0.151. The molecule has 1 heterocycles. The number of ether oxygens (including phenoxy) is 2. The Balaban J connectivity index is 1.46. The van der Waals surface area contributed by atoms with Crippen LogP contribution in [0.15, 0.2) is 91.0 Å². The molecule has 0 saturated heterocycles. The van der Waals surface area contributed by atoms with Crippen LogP contribution < -0.4 is 4.74 Å². The van der Waals surface area contributed by atoms with Crippen LogP contribution in [0.1, 0.15) is 62.8 Å². The summed E-state index contributed by atoms with van der Waals surface area (Å²) >= 11 is 0. The predicted molar refractivity (Wildman–Crippen MR) is 160 cm³/mol. The summed E-state index contributed by atoms with van der Waals surface area (Å²) in [6.07, 6.45) is 7.41. The number of aromatic nitrogens is 1. The molecule has 4 heteroatoms. The standard InChI is InChI=1S/C35H41NO3/c1-4-6-7-8-10-13-28-17-21-31(22-18-28)36-27(3)16-25-33(36)30-19-23-32(24-20-30)39-34(35(37)38-5-2)26-29-14-11-9-12-15-29/h9,11-12,14-25,34H,4-8,10,13,26H2,1-3H3/t34-/m1/s1. The van der Waals surface area contributed by atoms with Gasteiger partial charge in [-0.2, -0.15) is 0 Å². The Kier molecular flexibility index (Phi) is 10.4. The van der Waals surface area contributed by atoms with Crippen molar-refractivity contribution in [3.63, 3.8) is 0 Å². The lowest BCUT2D eigenvalue weighted by Gasteiger charge is -2.18. The summed E-state index contributed by atoms with van der Waals surface area (Å²) in [5, 5.41) is 0. The molecule has 0 saturated carbocycles. The van der Waals surface area contributed by atoms with E-state index in [1.807, 2.05) is 49.4 Å². The summed E-state index contributed by atoms with van der Waals surface area (Å²) < 4.78 is 13.7. The number of rotatable bonds is 14. The Morgan fingerprint density at radius 2 is 1.49 bits per heavy atom. The summed E-state index contributed by atoms with van der Waals surface area (Å²) in [7, 11) is 0. The van der Waals surface area contributed by atoms with Crippen LogP contribution in [0.25, 0.3) is 16.9 Å². The molecule has 3 aromatic carbocycles. The second-order valence-electron chi connectivity index (χ2n) is 10.1. The molecule has 204 valence electrons. The summed E-state index contributed by atoms with van der Waals surface area (Å²) in [5.74, 6) is 0.296. The van der Waals surface area contributed by atoms with Crippen molar-refractivity contribution >= 4 is 5.97 Å². The highest BCUT2D eigenvalue weighted by Gasteiger charge is 2.22. The van der Waals surface area contributed by atoms with E-state index in [2.05, 4.69) is 66.9 Å². The van der Waals surface area contributed by atoms with Crippen LogP contribution in [0.2, 0.25) is 0 Å². The van der Waals surface area contributed by atoms with Crippen molar-refractivity contribution in [3.8, 4) is 22.7 Å². The van der Waals surface area contributed by atoms with Gasteiger partial charge in [-0.25, -0.2) is 4.79 Å². The Labute approximate surface area is 233 Å². The molecule has 0 unspecified atom stereocenters. The molecule has 1 aromatic heterocycles. The highest BCUT2D eigenvalue weighted by Crippen LogP contribution is 2.29. The molecule has 0 aliphatic carbocycles. The Morgan fingerprint density at radius 1 is 0.769 bits per heavy atom. The van der Waals surface area contributed by atoms with Gasteiger partial charge in [0.2, 0.25) is 0 Å². The maximum Gasteiger partial charge on any atom is 0.347 e. The number of benzene rings is 3. The molecule has 4 nitrogen and oxygen atoms in total. The van der Waals surface area contributed by atoms with E-state index in [9.17, 15) is 4.79 Å². The van der Waals surface area contributed by atoms with E-state index < -0.39 is 6.10 Å². The SMILES string of the molecule is CCCCCCCc1ccc(-n2c(C)ccc2-c2ccc(O[C@H](Cc3ccccc3)C(=O)OCC)cc2)cc1.